The lowest BCUT2D eigenvalue weighted by Crippen LogP contribution is -1.91. The fraction of sp³-hybridized carbons (Fsp3) is 0.286. The molecule has 1 N–H and O–H groups in total. The predicted molar refractivity (Wildman–Crippen MR) is 51.7 cm³/mol. The summed E-state index contributed by atoms with van der Waals surface area (Å²) in [7, 11) is 1.55. The van der Waals surface area contributed by atoms with E-state index in [2.05, 4.69) is 20.9 Å². The summed E-state index contributed by atoms with van der Waals surface area (Å²) in [5, 5.41) is 8.72. The first-order valence-electron chi connectivity index (χ1n) is 3.07. The van der Waals surface area contributed by atoms with Gasteiger partial charge in [0.05, 0.1) is 18.2 Å². The zero-order chi connectivity index (χ0) is 8.27. The summed E-state index contributed by atoms with van der Waals surface area (Å²) in [5.74, 6) is 0.530. The maximum atomic E-state index is 8.72. The van der Waals surface area contributed by atoms with E-state index in [1.165, 1.54) is 0 Å². The molecule has 0 aliphatic carbocycles. The number of aromatic nitrogens is 1. The molecule has 0 radical (unpaired) electrons. The van der Waals surface area contributed by atoms with Crippen LogP contribution in [-0.4, -0.2) is 17.2 Å². The van der Waals surface area contributed by atoms with Crippen molar-refractivity contribution in [1.29, 1.82) is 0 Å². The number of rotatable bonds is 2. The molecule has 0 atom stereocenters. The van der Waals surface area contributed by atoms with Crippen LogP contribution in [0.3, 0.4) is 0 Å². The summed E-state index contributed by atoms with van der Waals surface area (Å²) >= 11 is 3.25. The van der Waals surface area contributed by atoms with Crippen molar-refractivity contribution in [2.75, 3.05) is 7.11 Å². The molecule has 0 saturated carbocycles. The van der Waals surface area contributed by atoms with Crippen molar-refractivity contribution in [3.8, 4) is 5.88 Å². The highest BCUT2D eigenvalue weighted by molar-refractivity contribution is 9.10. The number of aliphatic hydroxyl groups excluding tert-OH is 1. The van der Waals surface area contributed by atoms with Crippen molar-refractivity contribution >= 4 is 28.3 Å². The van der Waals surface area contributed by atoms with E-state index in [1.54, 1.807) is 19.4 Å². The van der Waals surface area contributed by atoms with Crippen LogP contribution in [-0.2, 0) is 6.61 Å². The molecule has 0 amide bonds. The van der Waals surface area contributed by atoms with Crippen molar-refractivity contribution in [2.24, 2.45) is 0 Å². The quantitative estimate of drug-likeness (QED) is 0.874. The number of pyridine rings is 1. The molecule has 0 aliphatic heterocycles. The van der Waals surface area contributed by atoms with Gasteiger partial charge < -0.3 is 9.84 Å². The standard InChI is InChI=1S/C7H8BrNO2.ClH/c1-11-7-6(8)2-5(4-10)3-9-7;/h2-3,10H,4H2,1H3;1H. The molecule has 12 heavy (non-hydrogen) atoms. The van der Waals surface area contributed by atoms with E-state index < -0.39 is 0 Å². The fourth-order valence-electron chi connectivity index (χ4n) is 0.702. The zero-order valence-electron chi connectivity index (χ0n) is 6.45. The summed E-state index contributed by atoms with van der Waals surface area (Å²) in [6.07, 6.45) is 1.57. The SMILES string of the molecule is COc1ncc(CO)cc1Br.Cl. The number of aliphatic hydroxyl groups is 1. The first-order chi connectivity index (χ1) is 5.27. The first kappa shape index (κ1) is 11.7. The lowest BCUT2D eigenvalue weighted by atomic mass is 10.3. The Hall–Kier alpha value is -0.320. The molecule has 0 bridgehead atoms. The fourth-order valence-corrected chi connectivity index (χ4v) is 1.26. The third-order valence-corrected chi connectivity index (χ3v) is 1.81. The van der Waals surface area contributed by atoms with E-state index in [0.29, 0.717) is 5.88 Å². The minimum Gasteiger partial charge on any atom is -0.480 e. The van der Waals surface area contributed by atoms with E-state index in [4.69, 9.17) is 9.84 Å². The van der Waals surface area contributed by atoms with Crippen molar-refractivity contribution in [2.45, 2.75) is 6.61 Å². The summed E-state index contributed by atoms with van der Waals surface area (Å²) in [4.78, 5) is 3.94. The van der Waals surface area contributed by atoms with E-state index >= 15 is 0 Å². The Labute approximate surface area is 85.3 Å². The van der Waals surface area contributed by atoms with Crippen molar-refractivity contribution in [1.82, 2.24) is 4.98 Å². The van der Waals surface area contributed by atoms with Gasteiger partial charge in [0, 0.05) is 6.20 Å². The van der Waals surface area contributed by atoms with E-state index in [1.807, 2.05) is 0 Å². The highest BCUT2D eigenvalue weighted by Gasteiger charge is 2.00. The van der Waals surface area contributed by atoms with Crippen LogP contribution in [0.25, 0.3) is 0 Å². The van der Waals surface area contributed by atoms with Gasteiger partial charge in [-0.15, -0.1) is 12.4 Å². The third kappa shape index (κ3) is 2.62. The Kier molecular flexibility index (Phi) is 5.20. The number of hydrogen-bond acceptors (Lipinski definition) is 3. The largest absolute Gasteiger partial charge is 0.480 e. The van der Waals surface area contributed by atoms with Crippen LogP contribution in [0.5, 0.6) is 5.88 Å². The van der Waals surface area contributed by atoms with Gasteiger partial charge in [-0.05, 0) is 27.6 Å². The summed E-state index contributed by atoms with van der Waals surface area (Å²) in [6.45, 7) is -0.00437. The van der Waals surface area contributed by atoms with E-state index in [9.17, 15) is 0 Å². The normalized spacial score (nSPS) is 8.92. The van der Waals surface area contributed by atoms with E-state index in [-0.39, 0.29) is 19.0 Å². The second-order valence-electron chi connectivity index (χ2n) is 1.99. The van der Waals surface area contributed by atoms with Crippen LogP contribution in [0.4, 0.5) is 0 Å². The maximum absolute atomic E-state index is 8.72. The maximum Gasteiger partial charge on any atom is 0.227 e. The van der Waals surface area contributed by atoms with Gasteiger partial charge in [-0.1, -0.05) is 0 Å². The molecular weight excluding hydrogens is 245 g/mol. The van der Waals surface area contributed by atoms with Crippen LogP contribution >= 0.6 is 28.3 Å². The van der Waals surface area contributed by atoms with Crippen LogP contribution in [0.15, 0.2) is 16.7 Å². The first-order valence-corrected chi connectivity index (χ1v) is 3.86. The Morgan fingerprint density at radius 3 is 2.75 bits per heavy atom. The zero-order valence-corrected chi connectivity index (χ0v) is 8.85. The van der Waals surface area contributed by atoms with E-state index in [0.717, 1.165) is 10.0 Å². The number of nitrogens with zero attached hydrogens (tertiary/aromatic N) is 1. The third-order valence-electron chi connectivity index (χ3n) is 1.24. The average Bonchev–Trinajstić information content (AvgIpc) is 2.04. The van der Waals surface area contributed by atoms with Gasteiger partial charge in [0.2, 0.25) is 5.88 Å². The molecule has 0 spiro atoms. The number of ether oxygens (including phenoxy) is 1. The van der Waals surface area contributed by atoms with Gasteiger partial charge in [0.1, 0.15) is 0 Å². The lowest BCUT2D eigenvalue weighted by molar-refractivity contribution is 0.280. The topological polar surface area (TPSA) is 42.4 Å². The summed E-state index contributed by atoms with van der Waals surface area (Å²) < 4.78 is 5.66. The Morgan fingerprint density at radius 1 is 1.67 bits per heavy atom. The highest BCUT2D eigenvalue weighted by Crippen LogP contribution is 2.22. The highest BCUT2D eigenvalue weighted by atomic mass is 79.9. The molecule has 0 aliphatic rings. The minimum atomic E-state index is -0.00437. The molecule has 0 aromatic carbocycles. The Balaban J connectivity index is 0.00000121. The predicted octanol–water partition coefficient (Wildman–Crippen LogP) is 1.77. The molecular formula is C7H9BrClNO2. The number of methoxy groups -OCH3 is 1. The molecule has 0 unspecified atom stereocenters. The van der Waals surface area contributed by atoms with Gasteiger partial charge in [-0.2, -0.15) is 0 Å². The number of hydrogen-bond donors (Lipinski definition) is 1. The lowest BCUT2D eigenvalue weighted by Gasteiger charge is -2.02. The molecule has 1 heterocycles. The molecule has 5 heteroatoms. The molecule has 1 aromatic rings. The minimum absolute atomic E-state index is 0. The Bertz CT molecular complexity index is 257. The van der Waals surface area contributed by atoms with Crippen molar-refractivity contribution < 1.29 is 9.84 Å². The Morgan fingerprint density at radius 2 is 2.33 bits per heavy atom. The van der Waals surface area contributed by atoms with Gasteiger partial charge in [-0.3, -0.25) is 0 Å². The van der Waals surface area contributed by atoms with Gasteiger partial charge in [0.15, 0.2) is 0 Å². The van der Waals surface area contributed by atoms with Gasteiger partial charge in [0.25, 0.3) is 0 Å². The van der Waals surface area contributed by atoms with Gasteiger partial charge in [-0.25, -0.2) is 4.98 Å². The molecule has 1 rings (SSSR count). The monoisotopic (exact) mass is 253 g/mol. The molecule has 68 valence electrons. The van der Waals surface area contributed by atoms with Crippen LogP contribution in [0, 0.1) is 0 Å². The molecule has 3 nitrogen and oxygen atoms in total. The average molecular weight is 255 g/mol. The smallest absolute Gasteiger partial charge is 0.227 e. The summed E-state index contributed by atoms with van der Waals surface area (Å²) in [6, 6.07) is 1.77. The summed E-state index contributed by atoms with van der Waals surface area (Å²) in [5.41, 5.74) is 0.762. The molecule has 0 fully saturated rings. The second-order valence-corrected chi connectivity index (χ2v) is 2.85. The van der Waals surface area contributed by atoms with Crippen LogP contribution < -0.4 is 4.74 Å². The second kappa shape index (κ2) is 5.35. The molecule has 1 aromatic heterocycles. The van der Waals surface area contributed by atoms with Crippen molar-refractivity contribution in [3.05, 3.63) is 22.3 Å². The van der Waals surface area contributed by atoms with Crippen molar-refractivity contribution in [3.63, 3.8) is 0 Å². The van der Waals surface area contributed by atoms with Crippen LogP contribution in [0.1, 0.15) is 5.56 Å². The molecule has 0 saturated heterocycles. The van der Waals surface area contributed by atoms with Gasteiger partial charge >= 0.3 is 0 Å². The number of halogens is 2. The van der Waals surface area contributed by atoms with Crippen LogP contribution in [0.2, 0.25) is 0 Å².